The van der Waals surface area contributed by atoms with E-state index < -0.39 is 23.1 Å². The summed E-state index contributed by atoms with van der Waals surface area (Å²) in [6.07, 6.45) is 7.05. The summed E-state index contributed by atoms with van der Waals surface area (Å²) in [6, 6.07) is 0. The molecule has 8 atom stereocenters. The largest absolute Gasteiger partial charge is 0.467 e. The van der Waals surface area contributed by atoms with E-state index in [0.29, 0.717) is 12.8 Å². The molecule has 0 saturated heterocycles. The van der Waals surface area contributed by atoms with Gasteiger partial charge in [-0.2, -0.15) is 0 Å². The minimum atomic E-state index is -1.54. The molecule has 27 heavy (non-hydrogen) atoms. The lowest BCUT2D eigenvalue weighted by Crippen LogP contribution is -2.62. The molecule has 2 N–H and O–H groups in total. The van der Waals surface area contributed by atoms with Gasteiger partial charge in [0.15, 0.2) is 11.4 Å². The van der Waals surface area contributed by atoms with Crippen LogP contribution in [0, 0.1) is 34.5 Å². The van der Waals surface area contributed by atoms with Crippen LogP contribution in [0.5, 0.6) is 0 Å². The lowest BCUT2D eigenvalue weighted by atomic mass is 9.45. The molecule has 0 spiro atoms. The minimum absolute atomic E-state index is 0.0117. The van der Waals surface area contributed by atoms with Crippen LogP contribution in [0.2, 0.25) is 0 Å². The van der Waals surface area contributed by atoms with E-state index in [-0.39, 0.29) is 34.9 Å². The van der Waals surface area contributed by atoms with Crippen LogP contribution >= 0.6 is 0 Å². The van der Waals surface area contributed by atoms with Crippen LogP contribution in [0.4, 0.5) is 0 Å². The van der Waals surface area contributed by atoms with Gasteiger partial charge < -0.3 is 14.9 Å². The molecule has 3 fully saturated rings. The summed E-state index contributed by atoms with van der Waals surface area (Å²) in [5.41, 5.74) is -1.49. The molecular formula is C22H30O5. The molecule has 0 aromatic rings. The smallest absolute Gasteiger partial charge is 0.338 e. The van der Waals surface area contributed by atoms with Crippen LogP contribution in [0.25, 0.3) is 0 Å². The Labute approximate surface area is 160 Å². The van der Waals surface area contributed by atoms with E-state index in [1.165, 1.54) is 7.11 Å². The number of aliphatic hydroxyl groups is 2. The number of methoxy groups -OCH3 is 1. The summed E-state index contributed by atoms with van der Waals surface area (Å²) in [4.78, 5) is 24.4. The van der Waals surface area contributed by atoms with E-state index in [4.69, 9.17) is 4.74 Å². The van der Waals surface area contributed by atoms with Gasteiger partial charge in [0.2, 0.25) is 0 Å². The summed E-state index contributed by atoms with van der Waals surface area (Å²) in [5, 5.41) is 22.5. The molecule has 1 unspecified atom stereocenters. The fourth-order valence-corrected chi connectivity index (χ4v) is 7.26. The van der Waals surface area contributed by atoms with E-state index in [1.807, 2.05) is 13.0 Å². The van der Waals surface area contributed by atoms with Gasteiger partial charge in [0, 0.05) is 16.7 Å². The second kappa shape index (κ2) is 5.77. The average molecular weight is 374 g/mol. The monoisotopic (exact) mass is 374 g/mol. The van der Waals surface area contributed by atoms with Crippen molar-refractivity contribution in [3.8, 4) is 0 Å². The Morgan fingerprint density at radius 2 is 2.04 bits per heavy atom. The van der Waals surface area contributed by atoms with Crippen molar-refractivity contribution in [2.45, 2.75) is 58.2 Å². The SMILES string of the molecule is COC(=O)[C@@]1(O)CC[C@H]2[C@@H]3C[C@H](C)C4=CC(=O)C=C[C@]4(C)C3[C@@H](O)C[C@@]21C. The first-order valence-electron chi connectivity index (χ1n) is 10.0. The van der Waals surface area contributed by atoms with Crippen molar-refractivity contribution in [1.82, 2.24) is 0 Å². The van der Waals surface area contributed by atoms with Crippen LogP contribution < -0.4 is 0 Å². The molecule has 5 heteroatoms. The van der Waals surface area contributed by atoms with Crippen molar-refractivity contribution in [3.05, 3.63) is 23.8 Å². The number of carbonyl (C=O) groups is 2. The van der Waals surface area contributed by atoms with E-state index in [9.17, 15) is 19.8 Å². The van der Waals surface area contributed by atoms with Gasteiger partial charge in [-0.05, 0) is 55.6 Å². The molecule has 0 aromatic carbocycles. The Morgan fingerprint density at radius 3 is 2.70 bits per heavy atom. The Balaban J connectivity index is 1.78. The molecule has 3 saturated carbocycles. The highest BCUT2D eigenvalue weighted by Gasteiger charge is 2.69. The van der Waals surface area contributed by atoms with Crippen molar-refractivity contribution < 1.29 is 24.5 Å². The molecule has 0 aliphatic heterocycles. The third kappa shape index (κ3) is 2.24. The molecule has 0 amide bonds. The maximum atomic E-state index is 12.4. The summed E-state index contributed by atoms with van der Waals surface area (Å²) < 4.78 is 4.93. The van der Waals surface area contributed by atoms with E-state index in [0.717, 1.165) is 18.4 Å². The lowest BCUT2D eigenvalue weighted by molar-refractivity contribution is -0.195. The van der Waals surface area contributed by atoms with Crippen LogP contribution in [-0.4, -0.2) is 40.8 Å². The molecule has 4 aliphatic carbocycles. The molecule has 0 bridgehead atoms. The van der Waals surface area contributed by atoms with Gasteiger partial charge in [-0.3, -0.25) is 4.79 Å². The Bertz CT molecular complexity index is 754. The average Bonchev–Trinajstić information content (AvgIpc) is 2.87. The molecular weight excluding hydrogens is 344 g/mol. The van der Waals surface area contributed by atoms with Crippen molar-refractivity contribution in [1.29, 1.82) is 0 Å². The van der Waals surface area contributed by atoms with Crippen molar-refractivity contribution in [3.63, 3.8) is 0 Å². The van der Waals surface area contributed by atoms with Gasteiger partial charge in [-0.15, -0.1) is 0 Å². The number of hydrogen-bond acceptors (Lipinski definition) is 5. The highest BCUT2D eigenvalue weighted by molar-refractivity contribution is 6.01. The number of hydrogen-bond donors (Lipinski definition) is 2. The quantitative estimate of drug-likeness (QED) is 0.689. The maximum absolute atomic E-state index is 12.4. The molecule has 0 heterocycles. The third-order valence-corrected chi connectivity index (χ3v) is 8.49. The summed E-state index contributed by atoms with van der Waals surface area (Å²) >= 11 is 0. The van der Waals surface area contributed by atoms with Gasteiger partial charge in [0.05, 0.1) is 13.2 Å². The molecule has 5 nitrogen and oxygen atoms in total. The molecule has 4 rings (SSSR count). The number of esters is 1. The minimum Gasteiger partial charge on any atom is -0.467 e. The Morgan fingerprint density at radius 1 is 1.33 bits per heavy atom. The van der Waals surface area contributed by atoms with Gasteiger partial charge in [0.1, 0.15) is 0 Å². The second-order valence-electron chi connectivity index (χ2n) is 9.63. The number of ether oxygens (including phenoxy) is 1. The fourth-order valence-electron chi connectivity index (χ4n) is 7.26. The van der Waals surface area contributed by atoms with Gasteiger partial charge in [-0.25, -0.2) is 4.79 Å². The first-order valence-corrected chi connectivity index (χ1v) is 10.0. The van der Waals surface area contributed by atoms with Crippen molar-refractivity contribution in [2.75, 3.05) is 7.11 Å². The highest BCUT2D eigenvalue weighted by Crippen LogP contribution is 2.67. The Hall–Kier alpha value is -1.46. The van der Waals surface area contributed by atoms with E-state index >= 15 is 0 Å². The Kier molecular flexibility index (Phi) is 4.04. The normalized spacial score (nSPS) is 51.1. The lowest BCUT2D eigenvalue weighted by Gasteiger charge is -2.60. The third-order valence-electron chi connectivity index (χ3n) is 8.49. The standard InChI is InChI=1S/C22H30O5/c1-12-9-14-15-6-8-22(26,19(25)27-4)21(15,3)11-17(24)18(14)20(2)7-5-13(23)10-16(12)20/h5,7,10,12,14-15,17-18,24,26H,6,8-9,11H2,1-4H3/t12-,14-,15-,17-,18?,20-,21-,22-/m0/s1. The molecule has 0 aromatic heterocycles. The van der Waals surface area contributed by atoms with Crippen LogP contribution in [0.3, 0.4) is 0 Å². The fraction of sp³-hybridized carbons (Fsp3) is 0.727. The van der Waals surface area contributed by atoms with Gasteiger partial charge in [0.25, 0.3) is 0 Å². The predicted molar refractivity (Wildman–Crippen MR) is 99.5 cm³/mol. The van der Waals surface area contributed by atoms with Crippen molar-refractivity contribution in [2.24, 2.45) is 34.5 Å². The zero-order valence-corrected chi connectivity index (χ0v) is 16.6. The summed E-state index contributed by atoms with van der Waals surface area (Å²) in [6.45, 7) is 6.22. The first-order chi connectivity index (χ1) is 12.6. The van der Waals surface area contributed by atoms with Crippen molar-refractivity contribution >= 4 is 11.8 Å². The number of carbonyl (C=O) groups excluding carboxylic acids is 2. The first kappa shape index (κ1) is 18.9. The zero-order valence-electron chi connectivity index (χ0n) is 16.6. The van der Waals surface area contributed by atoms with E-state index in [2.05, 4.69) is 13.8 Å². The topological polar surface area (TPSA) is 83.8 Å². The van der Waals surface area contributed by atoms with Gasteiger partial charge >= 0.3 is 5.97 Å². The molecule has 4 aliphatic rings. The van der Waals surface area contributed by atoms with Gasteiger partial charge in [-0.1, -0.05) is 32.4 Å². The number of ketones is 1. The molecule has 148 valence electrons. The number of allylic oxidation sites excluding steroid dienone is 4. The van der Waals surface area contributed by atoms with Crippen LogP contribution in [-0.2, 0) is 14.3 Å². The zero-order chi connectivity index (χ0) is 19.8. The maximum Gasteiger partial charge on any atom is 0.338 e. The molecule has 0 radical (unpaired) electrons. The number of rotatable bonds is 1. The number of aliphatic hydroxyl groups excluding tert-OH is 1. The van der Waals surface area contributed by atoms with Crippen LogP contribution in [0.15, 0.2) is 23.8 Å². The highest BCUT2D eigenvalue weighted by atomic mass is 16.5. The number of fused-ring (bicyclic) bond motifs is 5. The summed E-state index contributed by atoms with van der Waals surface area (Å²) in [7, 11) is 1.31. The van der Waals surface area contributed by atoms with Crippen LogP contribution in [0.1, 0.15) is 46.5 Å². The van der Waals surface area contributed by atoms with E-state index in [1.54, 1.807) is 12.2 Å². The summed E-state index contributed by atoms with van der Waals surface area (Å²) in [5.74, 6) is -0.0241. The second-order valence-corrected chi connectivity index (χ2v) is 9.63. The predicted octanol–water partition coefficient (Wildman–Crippen LogP) is 2.42.